The smallest absolute Gasteiger partial charge is 0.264 e. The Labute approximate surface area is 142 Å². The van der Waals surface area contributed by atoms with Crippen LogP contribution in [-0.2, 0) is 22.9 Å². The first-order valence-corrected chi connectivity index (χ1v) is 9.60. The molecule has 0 saturated carbocycles. The van der Waals surface area contributed by atoms with Gasteiger partial charge in [0.05, 0.1) is 10.6 Å². The van der Waals surface area contributed by atoms with Crippen LogP contribution in [0, 0.1) is 0 Å². The normalized spacial score (nSPS) is 13.9. The van der Waals surface area contributed by atoms with Crippen molar-refractivity contribution in [3.63, 3.8) is 0 Å². The topological polar surface area (TPSA) is 37.4 Å². The highest BCUT2D eigenvalue weighted by Gasteiger charge is 2.24. The summed E-state index contributed by atoms with van der Waals surface area (Å²) in [5.41, 5.74) is 3.15. The zero-order chi connectivity index (χ0) is 16.7. The number of sulfonamides is 1. The molecule has 0 heterocycles. The molecule has 0 bridgehead atoms. The molecule has 1 aliphatic carbocycles. The SMILES string of the molecule is CN(c1cccc2ccccc12)S(=O)(=O)c1ccc2c(c1)CCC2. The second kappa shape index (κ2) is 5.64. The summed E-state index contributed by atoms with van der Waals surface area (Å²) in [7, 11) is -1.94. The van der Waals surface area contributed by atoms with E-state index < -0.39 is 10.0 Å². The summed E-state index contributed by atoms with van der Waals surface area (Å²) in [5.74, 6) is 0. The third-order valence-corrected chi connectivity index (χ3v) is 6.60. The molecule has 3 aromatic carbocycles. The van der Waals surface area contributed by atoms with Gasteiger partial charge in [-0.3, -0.25) is 4.31 Å². The predicted molar refractivity (Wildman–Crippen MR) is 98.0 cm³/mol. The van der Waals surface area contributed by atoms with Gasteiger partial charge >= 0.3 is 0 Å². The molecule has 1 aliphatic rings. The lowest BCUT2D eigenvalue weighted by molar-refractivity contribution is 0.594. The Morgan fingerprint density at radius 1 is 0.875 bits per heavy atom. The summed E-state index contributed by atoms with van der Waals surface area (Å²) in [6.07, 6.45) is 3.13. The van der Waals surface area contributed by atoms with E-state index in [9.17, 15) is 8.42 Å². The maximum absolute atomic E-state index is 13.1. The van der Waals surface area contributed by atoms with Crippen LogP contribution in [0.3, 0.4) is 0 Å². The van der Waals surface area contributed by atoms with E-state index in [0.717, 1.165) is 30.0 Å². The van der Waals surface area contributed by atoms with Gasteiger partial charge in [0.1, 0.15) is 0 Å². The largest absolute Gasteiger partial charge is 0.269 e. The molecule has 0 atom stereocenters. The Morgan fingerprint density at radius 2 is 1.62 bits per heavy atom. The molecule has 0 amide bonds. The van der Waals surface area contributed by atoms with Crippen LogP contribution in [0.5, 0.6) is 0 Å². The van der Waals surface area contributed by atoms with Gasteiger partial charge in [-0.15, -0.1) is 0 Å². The number of rotatable bonds is 3. The number of benzene rings is 3. The minimum absolute atomic E-state index is 0.374. The predicted octanol–water partition coefficient (Wildman–Crippen LogP) is 4.15. The monoisotopic (exact) mass is 337 g/mol. The molecule has 0 fully saturated rings. The fraction of sp³-hybridized carbons (Fsp3) is 0.200. The Kier molecular flexibility index (Phi) is 3.57. The van der Waals surface area contributed by atoms with E-state index in [1.807, 2.05) is 54.6 Å². The van der Waals surface area contributed by atoms with E-state index in [1.165, 1.54) is 15.4 Å². The van der Waals surface area contributed by atoms with Crippen molar-refractivity contribution in [1.29, 1.82) is 0 Å². The summed E-state index contributed by atoms with van der Waals surface area (Å²) >= 11 is 0. The van der Waals surface area contributed by atoms with E-state index in [1.54, 1.807) is 13.1 Å². The average Bonchev–Trinajstić information content (AvgIpc) is 3.08. The van der Waals surface area contributed by atoms with E-state index in [0.29, 0.717) is 10.6 Å². The molecule has 4 heteroatoms. The zero-order valence-electron chi connectivity index (χ0n) is 13.6. The highest BCUT2D eigenvalue weighted by Crippen LogP contribution is 2.31. The van der Waals surface area contributed by atoms with Gasteiger partial charge in [-0.1, -0.05) is 42.5 Å². The van der Waals surface area contributed by atoms with Gasteiger partial charge in [-0.05, 0) is 54.0 Å². The molecule has 0 aromatic heterocycles. The van der Waals surface area contributed by atoms with Gasteiger partial charge in [-0.25, -0.2) is 8.42 Å². The van der Waals surface area contributed by atoms with Crippen molar-refractivity contribution >= 4 is 26.5 Å². The molecule has 0 spiro atoms. The van der Waals surface area contributed by atoms with E-state index >= 15 is 0 Å². The molecule has 3 nitrogen and oxygen atoms in total. The number of hydrogen-bond acceptors (Lipinski definition) is 2. The summed E-state index contributed by atoms with van der Waals surface area (Å²) in [6, 6.07) is 19.1. The van der Waals surface area contributed by atoms with Crippen LogP contribution in [0.25, 0.3) is 10.8 Å². The maximum Gasteiger partial charge on any atom is 0.264 e. The summed E-state index contributed by atoms with van der Waals surface area (Å²) in [4.78, 5) is 0.374. The van der Waals surface area contributed by atoms with Crippen LogP contribution in [-0.4, -0.2) is 15.5 Å². The summed E-state index contributed by atoms with van der Waals surface area (Å²) in [6.45, 7) is 0. The zero-order valence-corrected chi connectivity index (χ0v) is 14.4. The Hall–Kier alpha value is -2.33. The fourth-order valence-corrected chi connectivity index (χ4v) is 4.74. The molecule has 3 aromatic rings. The van der Waals surface area contributed by atoms with Gasteiger partial charge in [0, 0.05) is 12.4 Å². The molecule has 4 rings (SSSR count). The van der Waals surface area contributed by atoms with Gasteiger partial charge in [-0.2, -0.15) is 0 Å². The van der Waals surface area contributed by atoms with Crippen molar-refractivity contribution in [3.8, 4) is 0 Å². The van der Waals surface area contributed by atoms with Crippen molar-refractivity contribution in [2.45, 2.75) is 24.2 Å². The number of anilines is 1. The minimum Gasteiger partial charge on any atom is -0.269 e. The molecule has 0 aliphatic heterocycles. The summed E-state index contributed by atoms with van der Waals surface area (Å²) in [5, 5.41) is 1.97. The van der Waals surface area contributed by atoms with E-state index in [-0.39, 0.29) is 0 Å². The first kappa shape index (κ1) is 15.2. The first-order chi connectivity index (χ1) is 11.6. The quantitative estimate of drug-likeness (QED) is 0.720. The van der Waals surface area contributed by atoms with Crippen LogP contribution in [0.15, 0.2) is 65.6 Å². The number of nitrogens with zero attached hydrogens (tertiary/aromatic N) is 1. The summed E-state index contributed by atoms with van der Waals surface area (Å²) < 4.78 is 27.6. The average molecular weight is 337 g/mol. The third kappa shape index (κ3) is 2.38. The van der Waals surface area contributed by atoms with Crippen molar-refractivity contribution in [2.75, 3.05) is 11.4 Å². The van der Waals surface area contributed by atoms with E-state index in [4.69, 9.17) is 0 Å². The standard InChI is InChI=1S/C20H19NO2S/c1-21(20-11-5-8-16-6-2-3-10-19(16)20)24(22,23)18-13-12-15-7-4-9-17(15)14-18/h2-3,5-6,8,10-14H,4,7,9H2,1H3. The molecule has 0 unspecified atom stereocenters. The molecule has 24 heavy (non-hydrogen) atoms. The van der Waals surface area contributed by atoms with Gasteiger partial charge in [0.25, 0.3) is 10.0 Å². The number of hydrogen-bond donors (Lipinski definition) is 0. The highest BCUT2D eigenvalue weighted by atomic mass is 32.2. The van der Waals surface area contributed by atoms with Crippen LogP contribution in [0.1, 0.15) is 17.5 Å². The Balaban J connectivity index is 1.81. The molecular weight excluding hydrogens is 318 g/mol. The third-order valence-electron chi connectivity index (χ3n) is 4.83. The Bertz CT molecular complexity index is 1020. The van der Waals surface area contributed by atoms with Crippen LogP contribution in [0.4, 0.5) is 5.69 Å². The van der Waals surface area contributed by atoms with Crippen molar-refractivity contribution in [1.82, 2.24) is 0 Å². The molecular formula is C20H19NO2S. The van der Waals surface area contributed by atoms with Crippen molar-refractivity contribution in [2.24, 2.45) is 0 Å². The van der Waals surface area contributed by atoms with Crippen LogP contribution < -0.4 is 4.31 Å². The molecule has 122 valence electrons. The number of fused-ring (bicyclic) bond motifs is 2. The van der Waals surface area contributed by atoms with Crippen molar-refractivity contribution in [3.05, 3.63) is 71.8 Å². The van der Waals surface area contributed by atoms with Gasteiger partial charge in [0.15, 0.2) is 0 Å². The lowest BCUT2D eigenvalue weighted by atomic mass is 10.1. The number of aryl methyl sites for hydroxylation is 2. The van der Waals surface area contributed by atoms with Crippen LogP contribution >= 0.6 is 0 Å². The second-order valence-electron chi connectivity index (χ2n) is 6.25. The highest BCUT2D eigenvalue weighted by molar-refractivity contribution is 7.92. The minimum atomic E-state index is -3.57. The van der Waals surface area contributed by atoms with E-state index in [2.05, 4.69) is 0 Å². The maximum atomic E-state index is 13.1. The van der Waals surface area contributed by atoms with Crippen molar-refractivity contribution < 1.29 is 8.42 Å². The lowest BCUT2D eigenvalue weighted by Crippen LogP contribution is -2.26. The van der Waals surface area contributed by atoms with Gasteiger partial charge in [0.2, 0.25) is 0 Å². The molecule has 0 N–H and O–H groups in total. The second-order valence-corrected chi connectivity index (χ2v) is 8.22. The molecule has 0 radical (unpaired) electrons. The first-order valence-electron chi connectivity index (χ1n) is 8.16. The molecule has 0 saturated heterocycles. The van der Waals surface area contributed by atoms with Gasteiger partial charge < -0.3 is 0 Å². The Morgan fingerprint density at radius 3 is 2.50 bits per heavy atom. The fourth-order valence-electron chi connectivity index (χ4n) is 3.48. The van der Waals surface area contributed by atoms with Crippen LogP contribution in [0.2, 0.25) is 0 Å². The lowest BCUT2D eigenvalue weighted by Gasteiger charge is -2.21.